The van der Waals surface area contributed by atoms with Crippen molar-refractivity contribution in [3.63, 3.8) is 0 Å². The van der Waals surface area contributed by atoms with Crippen LogP contribution in [0.4, 0.5) is 0 Å². The molecule has 0 aliphatic rings. The second-order valence-electron chi connectivity index (χ2n) is 4.75. The summed E-state index contributed by atoms with van der Waals surface area (Å²) in [6.45, 7) is 0.0750. The number of carbonyl (C=O) groups excluding carboxylic acids is 1. The van der Waals surface area contributed by atoms with E-state index in [4.69, 9.17) is 4.42 Å². The van der Waals surface area contributed by atoms with Crippen LogP contribution in [0.15, 0.2) is 32.4 Å². The third kappa shape index (κ3) is 2.12. The van der Waals surface area contributed by atoms with Gasteiger partial charge >= 0.3 is 5.69 Å². The van der Waals surface area contributed by atoms with Crippen molar-refractivity contribution in [1.82, 2.24) is 24.4 Å². The fraction of sp³-hybridized carbons (Fsp3) is 0.231. The Kier molecular flexibility index (Phi) is 3.17. The number of imidazole rings is 1. The Hall–Kier alpha value is -3.10. The number of aromatic nitrogens is 4. The van der Waals surface area contributed by atoms with Gasteiger partial charge in [-0.2, -0.15) is 0 Å². The maximum absolute atomic E-state index is 12.0. The summed E-state index contributed by atoms with van der Waals surface area (Å²) in [6, 6.07) is 3.14. The van der Waals surface area contributed by atoms with Gasteiger partial charge in [0, 0.05) is 14.1 Å². The zero-order valence-electron chi connectivity index (χ0n) is 11.9. The molecule has 0 aliphatic heterocycles. The van der Waals surface area contributed by atoms with E-state index < -0.39 is 17.2 Å². The lowest BCUT2D eigenvalue weighted by Crippen LogP contribution is -2.36. The highest BCUT2D eigenvalue weighted by Crippen LogP contribution is 2.05. The maximum atomic E-state index is 12.0. The minimum absolute atomic E-state index is 0.0750. The Bertz CT molecular complexity index is 961. The van der Waals surface area contributed by atoms with E-state index in [1.807, 2.05) is 0 Å². The second kappa shape index (κ2) is 5.02. The molecule has 9 nitrogen and oxygen atoms in total. The van der Waals surface area contributed by atoms with Crippen LogP contribution in [0, 0.1) is 0 Å². The van der Waals surface area contributed by atoms with E-state index in [0.717, 1.165) is 4.57 Å². The molecule has 0 radical (unpaired) electrons. The van der Waals surface area contributed by atoms with Gasteiger partial charge in [-0.15, -0.1) is 0 Å². The summed E-state index contributed by atoms with van der Waals surface area (Å²) < 4.78 is 7.23. The van der Waals surface area contributed by atoms with Gasteiger partial charge in [0.15, 0.2) is 11.4 Å². The molecule has 0 unspecified atom stereocenters. The predicted molar refractivity (Wildman–Crippen MR) is 76.5 cm³/mol. The highest BCUT2D eigenvalue weighted by atomic mass is 16.3. The summed E-state index contributed by atoms with van der Waals surface area (Å²) in [7, 11) is 2.92. The molecular weight excluding hydrogens is 290 g/mol. The summed E-state index contributed by atoms with van der Waals surface area (Å²) in [5.41, 5.74) is -0.466. The van der Waals surface area contributed by atoms with Crippen LogP contribution in [-0.2, 0) is 20.6 Å². The van der Waals surface area contributed by atoms with Crippen LogP contribution in [0.25, 0.3) is 11.2 Å². The van der Waals surface area contributed by atoms with Gasteiger partial charge in [-0.05, 0) is 12.1 Å². The Morgan fingerprint density at radius 3 is 2.82 bits per heavy atom. The highest BCUT2D eigenvalue weighted by Gasteiger charge is 2.14. The Balaban J connectivity index is 1.92. The lowest BCUT2D eigenvalue weighted by Gasteiger charge is -2.00. The van der Waals surface area contributed by atoms with Crippen LogP contribution < -0.4 is 16.6 Å². The Morgan fingerprint density at radius 1 is 1.36 bits per heavy atom. The number of fused-ring (bicyclic) bond motifs is 1. The highest BCUT2D eigenvalue weighted by molar-refractivity contribution is 5.91. The lowest BCUT2D eigenvalue weighted by molar-refractivity contribution is 0.0922. The molecule has 0 aliphatic carbocycles. The van der Waals surface area contributed by atoms with Crippen molar-refractivity contribution >= 4 is 17.1 Å². The topological polar surface area (TPSA) is 115 Å². The zero-order chi connectivity index (χ0) is 15.9. The molecule has 9 heteroatoms. The van der Waals surface area contributed by atoms with Gasteiger partial charge in [-0.25, -0.2) is 9.78 Å². The van der Waals surface area contributed by atoms with Crippen molar-refractivity contribution in [2.45, 2.75) is 6.54 Å². The van der Waals surface area contributed by atoms with Gasteiger partial charge in [0.2, 0.25) is 0 Å². The van der Waals surface area contributed by atoms with Gasteiger partial charge in [-0.1, -0.05) is 0 Å². The zero-order valence-corrected chi connectivity index (χ0v) is 11.9. The van der Waals surface area contributed by atoms with Crippen molar-refractivity contribution in [2.75, 3.05) is 0 Å². The van der Waals surface area contributed by atoms with Gasteiger partial charge in [-0.3, -0.25) is 18.7 Å². The summed E-state index contributed by atoms with van der Waals surface area (Å²) >= 11 is 0. The third-order valence-corrected chi connectivity index (χ3v) is 3.31. The van der Waals surface area contributed by atoms with Crippen LogP contribution in [-0.4, -0.2) is 25.0 Å². The fourth-order valence-electron chi connectivity index (χ4n) is 2.12. The lowest BCUT2D eigenvalue weighted by atomic mass is 10.4. The largest absolute Gasteiger partial charge is 0.459 e. The molecular formula is C13H13N5O4. The first-order valence-electron chi connectivity index (χ1n) is 6.45. The predicted octanol–water partition coefficient (Wildman–Crippen LogP) is -0.517. The van der Waals surface area contributed by atoms with Crippen LogP contribution >= 0.6 is 0 Å². The molecule has 3 rings (SSSR count). The molecule has 0 aromatic carbocycles. The number of aromatic amines is 1. The number of amides is 1. The monoisotopic (exact) mass is 303 g/mol. The first kappa shape index (κ1) is 13.9. The van der Waals surface area contributed by atoms with E-state index in [-0.39, 0.29) is 23.5 Å². The van der Waals surface area contributed by atoms with E-state index in [1.165, 1.54) is 31.0 Å². The van der Waals surface area contributed by atoms with Crippen molar-refractivity contribution in [3.8, 4) is 0 Å². The number of hydrogen-bond donors (Lipinski definition) is 2. The van der Waals surface area contributed by atoms with Gasteiger partial charge in [0.25, 0.3) is 11.5 Å². The second-order valence-corrected chi connectivity index (χ2v) is 4.75. The molecule has 3 heterocycles. The number of nitrogens with zero attached hydrogens (tertiary/aromatic N) is 3. The molecule has 0 saturated carbocycles. The average molecular weight is 303 g/mol. The SMILES string of the molecule is Cn1c(=O)c2[nH]c(CNC(=O)c3ccco3)nc2n(C)c1=O. The van der Waals surface area contributed by atoms with Crippen LogP contribution in [0.3, 0.4) is 0 Å². The van der Waals surface area contributed by atoms with Crippen LogP contribution in [0.2, 0.25) is 0 Å². The van der Waals surface area contributed by atoms with Crippen molar-refractivity contribution in [3.05, 3.63) is 50.8 Å². The number of aryl methyl sites for hydroxylation is 1. The number of furan rings is 1. The summed E-state index contributed by atoms with van der Waals surface area (Å²) in [5.74, 6) is 0.153. The van der Waals surface area contributed by atoms with E-state index >= 15 is 0 Å². The number of nitrogens with one attached hydrogen (secondary N) is 2. The molecule has 3 aromatic heterocycles. The van der Waals surface area contributed by atoms with Crippen molar-refractivity contribution < 1.29 is 9.21 Å². The van der Waals surface area contributed by atoms with Crippen LogP contribution in [0.5, 0.6) is 0 Å². The number of rotatable bonds is 3. The fourth-order valence-corrected chi connectivity index (χ4v) is 2.12. The van der Waals surface area contributed by atoms with Crippen LogP contribution in [0.1, 0.15) is 16.4 Å². The Labute approximate surface area is 123 Å². The normalized spacial score (nSPS) is 11.0. The molecule has 22 heavy (non-hydrogen) atoms. The minimum atomic E-state index is -0.464. The first-order valence-corrected chi connectivity index (χ1v) is 6.45. The maximum Gasteiger partial charge on any atom is 0.332 e. The third-order valence-electron chi connectivity index (χ3n) is 3.31. The number of hydrogen-bond acceptors (Lipinski definition) is 5. The molecule has 0 atom stereocenters. The van der Waals surface area contributed by atoms with Gasteiger partial charge in [0.1, 0.15) is 11.3 Å². The number of H-pyrrole nitrogens is 1. The van der Waals surface area contributed by atoms with E-state index in [9.17, 15) is 14.4 Å². The smallest absolute Gasteiger partial charge is 0.332 e. The summed E-state index contributed by atoms with van der Waals surface area (Å²) in [5, 5.41) is 2.61. The number of carbonyl (C=O) groups is 1. The molecule has 0 bridgehead atoms. The van der Waals surface area contributed by atoms with Gasteiger partial charge in [0.05, 0.1) is 12.8 Å². The van der Waals surface area contributed by atoms with E-state index in [2.05, 4.69) is 15.3 Å². The van der Waals surface area contributed by atoms with E-state index in [1.54, 1.807) is 6.07 Å². The molecule has 0 saturated heterocycles. The van der Waals surface area contributed by atoms with E-state index in [0.29, 0.717) is 5.82 Å². The molecule has 0 spiro atoms. The quantitative estimate of drug-likeness (QED) is 0.676. The Morgan fingerprint density at radius 2 is 2.14 bits per heavy atom. The summed E-state index contributed by atoms with van der Waals surface area (Å²) in [4.78, 5) is 42.6. The van der Waals surface area contributed by atoms with Gasteiger partial charge < -0.3 is 14.7 Å². The average Bonchev–Trinajstić information content (AvgIpc) is 3.17. The standard InChI is InChI=1S/C13H13N5O4/c1-17-10-9(12(20)18(2)13(17)21)15-8(16-10)6-14-11(19)7-4-3-5-22-7/h3-5H,6H2,1-2H3,(H,14,19)(H,15,16). The molecule has 0 fully saturated rings. The molecule has 2 N–H and O–H groups in total. The minimum Gasteiger partial charge on any atom is -0.459 e. The van der Waals surface area contributed by atoms with Crippen molar-refractivity contribution in [1.29, 1.82) is 0 Å². The summed E-state index contributed by atoms with van der Waals surface area (Å²) in [6.07, 6.45) is 1.40. The molecule has 1 amide bonds. The molecule has 114 valence electrons. The van der Waals surface area contributed by atoms with Crippen molar-refractivity contribution in [2.24, 2.45) is 14.1 Å². The first-order chi connectivity index (χ1) is 10.5. The molecule has 3 aromatic rings.